The smallest absolute Gasteiger partial charge is 0.230 e. The lowest BCUT2D eigenvalue weighted by Crippen LogP contribution is -2.27. The summed E-state index contributed by atoms with van der Waals surface area (Å²) in [6.45, 7) is 4.99. The standard InChI is InChI=1S/C23H26N4OS/c1-17(2)20-11-8-19(9-12-20)14-15-24-22(28)16-29-23-25-21(26-27-23)13-10-18-6-4-3-5-7-18/h3-13,17H,14-16H2,1-2H3,(H,24,28)(H,25,26,27)/b13-10+. The highest BCUT2D eigenvalue weighted by molar-refractivity contribution is 7.99. The molecule has 150 valence electrons. The Kier molecular flexibility index (Phi) is 7.64. The molecule has 3 rings (SSSR count). The molecule has 0 radical (unpaired) electrons. The molecule has 3 aromatic rings. The highest BCUT2D eigenvalue weighted by Crippen LogP contribution is 2.15. The molecule has 1 heterocycles. The van der Waals surface area contributed by atoms with E-state index in [9.17, 15) is 4.79 Å². The van der Waals surface area contributed by atoms with E-state index in [0.717, 1.165) is 12.0 Å². The number of hydrogen-bond acceptors (Lipinski definition) is 4. The van der Waals surface area contributed by atoms with Crippen molar-refractivity contribution < 1.29 is 4.79 Å². The lowest BCUT2D eigenvalue weighted by atomic mass is 10.0. The van der Waals surface area contributed by atoms with Crippen LogP contribution in [0.4, 0.5) is 0 Å². The van der Waals surface area contributed by atoms with Gasteiger partial charge in [-0.2, -0.15) is 0 Å². The highest BCUT2D eigenvalue weighted by atomic mass is 32.2. The molecule has 0 aliphatic heterocycles. The molecule has 0 aliphatic carbocycles. The van der Waals surface area contributed by atoms with Crippen LogP contribution in [0.25, 0.3) is 12.2 Å². The van der Waals surface area contributed by atoms with Gasteiger partial charge in [-0.1, -0.05) is 86.3 Å². The Hall–Kier alpha value is -2.86. The number of amides is 1. The third kappa shape index (κ3) is 6.91. The number of rotatable bonds is 9. The van der Waals surface area contributed by atoms with Crippen LogP contribution in [0, 0.1) is 0 Å². The summed E-state index contributed by atoms with van der Waals surface area (Å²) in [6.07, 6.45) is 4.66. The maximum Gasteiger partial charge on any atom is 0.230 e. The van der Waals surface area contributed by atoms with Gasteiger partial charge in [0.15, 0.2) is 0 Å². The molecular weight excluding hydrogens is 380 g/mol. The summed E-state index contributed by atoms with van der Waals surface area (Å²) in [5.74, 6) is 1.48. The van der Waals surface area contributed by atoms with Crippen LogP contribution in [0.1, 0.15) is 42.3 Å². The van der Waals surface area contributed by atoms with Gasteiger partial charge in [0.25, 0.3) is 0 Å². The quantitative estimate of drug-likeness (QED) is 0.512. The van der Waals surface area contributed by atoms with Gasteiger partial charge < -0.3 is 5.32 Å². The number of carbonyl (C=O) groups is 1. The minimum Gasteiger partial charge on any atom is -0.355 e. The van der Waals surface area contributed by atoms with E-state index in [0.29, 0.717) is 29.2 Å². The molecule has 0 unspecified atom stereocenters. The largest absolute Gasteiger partial charge is 0.355 e. The number of benzene rings is 2. The van der Waals surface area contributed by atoms with E-state index in [2.05, 4.69) is 58.6 Å². The van der Waals surface area contributed by atoms with E-state index in [1.807, 2.05) is 42.5 Å². The van der Waals surface area contributed by atoms with Crippen molar-refractivity contribution in [3.05, 3.63) is 77.1 Å². The summed E-state index contributed by atoms with van der Waals surface area (Å²) in [5, 5.41) is 10.5. The Bertz CT molecular complexity index is 933. The Morgan fingerprint density at radius 2 is 1.86 bits per heavy atom. The first-order valence-corrected chi connectivity index (χ1v) is 10.7. The normalized spacial score (nSPS) is 11.3. The SMILES string of the molecule is CC(C)c1ccc(CCNC(=O)CSc2n[nH]c(/C=C/c3ccccc3)n2)cc1. The summed E-state index contributed by atoms with van der Waals surface area (Å²) < 4.78 is 0. The Morgan fingerprint density at radius 3 is 2.59 bits per heavy atom. The molecule has 2 aromatic carbocycles. The molecule has 6 heteroatoms. The van der Waals surface area contributed by atoms with Gasteiger partial charge in [0.1, 0.15) is 5.82 Å². The maximum atomic E-state index is 12.1. The summed E-state index contributed by atoms with van der Waals surface area (Å²) in [7, 11) is 0. The van der Waals surface area contributed by atoms with Crippen molar-refractivity contribution in [1.82, 2.24) is 20.5 Å². The zero-order valence-electron chi connectivity index (χ0n) is 16.8. The Morgan fingerprint density at radius 1 is 1.10 bits per heavy atom. The van der Waals surface area contributed by atoms with Crippen molar-refractivity contribution in [3.8, 4) is 0 Å². The van der Waals surface area contributed by atoms with Crippen LogP contribution in [0.5, 0.6) is 0 Å². The minimum absolute atomic E-state index is 0.0139. The summed E-state index contributed by atoms with van der Waals surface area (Å²) >= 11 is 1.32. The van der Waals surface area contributed by atoms with E-state index in [1.54, 1.807) is 0 Å². The molecule has 1 amide bonds. The van der Waals surface area contributed by atoms with Gasteiger partial charge in [0, 0.05) is 6.54 Å². The fourth-order valence-electron chi connectivity index (χ4n) is 2.73. The zero-order valence-corrected chi connectivity index (χ0v) is 17.6. The third-order valence-corrected chi connectivity index (χ3v) is 5.28. The minimum atomic E-state index is -0.0139. The molecule has 1 aromatic heterocycles. The Balaban J connectivity index is 1.38. The average molecular weight is 407 g/mol. The average Bonchev–Trinajstić information content (AvgIpc) is 3.20. The van der Waals surface area contributed by atoms with E-state index >= 15 is 0 Å². The van der Waals surface area contributed by atoms with Crippen molar-refractivity contribution in [2.75, 3.05) is 12.3 Å². The number of nitrogens with one attached hydrogen (secondary N) is 2. The van der Waals surface area contributed by atoms with Crippen molar-refractivity contribution in [2.24, 2.45) is 0 Å². The number of carbonyl (C=O) groups excluding carboxylic acids is 1. The second kappa shape index (κ2) is 10.6. The molecule has 0 fully saturated rings. The van der Waals surface area contributed by atoms with Crippen LogP contribution in [0.3, 0.4) is 0 Å². The van der Waals surface area contributed by atoms with Gasteiger partial charge >= 0.3 is 0 Å². The summed E-state index contributed by atoms with van der Waals surface area (Å²) in [5.41, 5.74) is 3.65. The number of H-pyrrole nitrogens is 1. The van der Waals surface area contributed by atoms with Crippen LogP contribution in [0.15, 0.2) is 59.8 Å². The van der Waals surface area contributed by atoms with Crippen LogP contribution < -0.4 is 5.32 Å². The maximum absolute atomic E-state index is 12.1. The predicted octanol–water partition coefficient (Wildman–Crippen LogP) is 4.55. The molecule has 0 saturated heterocycles. The number of nitrogens with zero attached hydrogens (tertiary/aromatic N) is 2. The third-order valence-electron chi connectivity index (χ3n) is 4.43. The van der Waals surface area contributed by atoms with Crippen LogP contribution in [-0.2, 0) is 11.2 Å². The lowest BCUT2D eigenvalue weighted by molar-refractivity contribution is -0.118. The van der Waals surface area contributed by atoms with Gasteiger partial charge in [0.2, 0.25) is 11.1 Å². The van der Waals surface area contributed by atoms with Crippen molar-refractivity contribution in [2.45, 2.75) is 31.3 Å². The van der Waals surface area contributed by atoms with E-state index in [-0.39, 0.29) is 5.91 Å². The molecule has 2 N–H and O–H groups in total. The first-order valence-electron chi connectivity index (χ1n) is 9.74. The topological polar surface area (TPSA) is 70.7 Å². The highest BCUT2D eigenvalue weighted by Gasteiger charge is 2.07. The van der Waals surface area contributed by atoms with Gasteiger partial charge in [-0.15, -0.1) is 5.10 Å². The lowest BCUT2D eigenvalue weighted by Gasteiger charge is -2.07. The number of aromatic nitrogens is 3. The summed E-state index contributed by atoms with van der Waals surface area (Å²) in [4.78, 5) is 16.4. The molecule has 0 aliphatic rings. The van der Waals surface area contributed by atoms with E-state index in [1.165, 1.54) is 22.9 Å². The van der Waals surface area contributed by atoms with Crippen molar-refractivity contribution in [1.29, 1.82) is 0 Å². The second-order valence-electron chi connectivity index (χ2n) is 7.03. The van der Waals surface area contributed by atoms with Gasteiger partial charge in [-0.25, -0.2) is 4.98 Å². The molecular formula is C23H26N4OS. The molecule has 0 saturated carbocycles. The molecule has 5 nitrogen and oxygen atoms in total. The number of hydrogen-bond donors (Lipinski definition) is 2. The first-order chi connectivity index (χ1) is 14.1. The van der Waals surface area contributed by atoms with E-state index in [4.69, 9.17) is 0 Å². The Labute approximate surface area is 176 Å². The second-order valence-corrected chi connectivity index (χ2v) is 7.97. The van der Waals surface area contributed by atoms with Gasteiger partial charge in [-0.05, 0) is 35.1 Å². The van der Waals surface area contributed by atoms with Gasteiger partial charge in [0.05, 0.1) is 5.75 Å². The monoisotopic (exact) mass is 406 g/mol. The zero-order chi connectivity index (χ0) is 20.5. The van der Waals surface area contributed by atoms with Crippen molar-refractivity contribution >= 4 is 29.8 Å². The first kappa shape index (κ1) is 20.9. The van der Waals surface area contributed by atoms with Crippen LogP contribution in [0.2, 0.25) is 0 Å². The van der Waals surface area contributed by atoms with Crippen LogP contribution in [-0.4, -0.2) is 33.4 Å². The number of thioether (sulfide) groups is 1. The van der Waals surface area contributed by atoms with E-state index < -0.39 is 0 Å². The molecule has 29 heavy (non-hydrogen) atoms. The fraction of sp³-hybridized carbons (Fsp3) is 0.261. The number of aromatic amines is 1. The predicted molar refractivity (Wildman–Crippen MR) is 120 cm³/mol. The molecule has 0 atom stereocenters. The molecule has 0 bridgehead atoms. The van der Waals surface area contributed by atoms with Gasteiger partial charge in [-0.3, -0.25) is 9.89 Å². The van der Waals surface area contributed by atoms with Crippen LogP contribution >= 0.6 is 11.8 Å². The van der Waals surface area contributed by atoms with Crippen molar-refractivity contribution in [3.63, 3.8) is 0 Å². The fourth-order valence-corrected chi connectivity index (χ4v) is 3.37. The summed E-state index contributed by atoms with van der Waals surface area (Å²) in [6, 6.07) is 18.6. The molecule has 0 spiro atoms.